The van der Waals surface area contributed by atoms with E-state index in [1.807, 2.05) is 36.4 Å². The molecule has 0 aliphatic carbocycles. The van der Waals surface area contributed by atoms with Crippen LogP contribution < -0.4 is 19.5 Å². The summed E-state index contributed by atoms with van der Waals surface area (Å²) in [4.78, 5) is 20.3. The van der Waals surface area contributed by atoms with Crippen LogP contribution >= 0.6 is 0 Å². The maximum absolute atomic E-state index is 11.2. The van der Waals surface area contributed by atoms with E-state index in [0.29, 0.717) is 34.4 Å². The minimum Gasteiger partial charge on any atom is -0.497 e. The molecule has 1 N–H and O–H groups in total. The molecule has 3 aromatic carbocycles. The molecule has 1 aromatic heterocycles. The van der Waals surface area contributed by atoms with Gasteiger partial charge in [-0.3, -0.25) is 4.79 Å². The van der Waals surface area contributed by atoms with Gasteiger partial charge >= 0.3 is 0 Å². The summed E-state index contributed by atoms with van der Waals surface area (Å²) < 4.78 is 16.2. The number of hydrogen-bond donors (Lipinski definition) is 1. The number of para-hydroxylation sites is 1. The molecule has 0 aliphatic heterocycles. The van der Waals surface area contributed by atoms with Crippen LogP contribution in [-0.2, 0) is 0 Å². The second kappa shape index (κ2) is 8.71. The van der Waals surface area contributed by atoms with Gasteiger partial charge in [0.15, 0.2) is 0 Å². The lowest BCUT2D eigenvalue weighted by Crippen LogP contribution is -2.01. The van der Waals surface area contributed by atoms with E-state index in [1.165, 1.54) is 0 Å². The van der Waals surface area contributed by atoms with Gasteiger partial charge in [-0.25, -0.2) is 9.97 Å². The standard InChI is InChI=1S/C24H21N3O4/c1-29-18-10-17(11-19(12-18)30-2)20-6-4-5-16-13-25-24(27-23(16)20)26-21-9-15(14-28)7-8-22(21)31-3/h4-14H,1-3H3,(H,25,26,27). The van der Waals surface area contributed by atoms with Crippen molar-refractivity contribution in [2.75, 3.05) is 26.6 Å². The molecule has 1 heterocycles. The molecule has 156 valence electrons. The van der Waals surface area contributed by atoms with E-state index in [9.17, 15) is 4.79 Å². The summed E-state index contributed by atoms with van der Waals surface area (Å²) >= 11 is 0. The lowest BCUT2D eigenvalue weighted by Gasteiger charge is -2.13. The van der Waals surface area contributed by atoms with Gasteiger partial charge in [0.05, 0.1) is 32.5 Å². The monoisotopic (exact) mass is 415 g/mol. The number of rotatable bonds is 7. The highest BCUT2D eigenvalue weighted by Gasteiger charge is 2.12. The van der Waals surface area contributed by atoms with Gasteiger partial charge in [0, 0.05) is 28.8 Å². The van der Waals surface area contributed by atoms with Crippen LogP contribution in [0.4, 0.5) is 11.6 Å². The van der Waals surface area contributed by atoms with Gasteiger partial charge in [-0.1, -0.05) is 18.2 Å². The zero-order chi connectivity index (χ0) is 21.8. The summed E-state index contributed by atoms with van der Waals surface area (Å²) in [5.41, 5.74) is 3.71. The lowest BCUT2D eigenvalue weighted by molar-refractivity contribution is 0.112. The van der Waals surface area contributed by atoms with E-state index in [0.717, 1.165) is 28.3 Å². The van der Waals surface area contributed by atoms with Crippen LogP contribution in [0.2, 0.25) is 0 Å². The third-order valence-electron chi connectivity index (χ3n) is 4.88. The second-order valence-corrected chi connectivity index (χ2v) is 6.74. The van der Waals surface area contributed by atoms with Crippen molar-refractivity contribution in [2.24, 2.45) is 0 Å². The zero-order valence-corrected chi connectivity index (χ0v) is 17.4. The van der Waals surface area contributed by atoms with Crippen molar-refractivity contribution in [3.05, 3.63) is 66.4 Å². The fourth-order valence-electron chi connectivity index (χ4n) is 3.33. The third-order valence-corrected chi connectivity index (χ3v) is 4.88. The van der Waals surface area contributed by atoms with E-state index >= 15 is 0 Å². The Kier molecular flexibility index (Phi) is 5.66. The quantitative estimate of drug-likeness (QED) is 0.431. The highest BCUT2D eigenvalue weighted by Crippen LogP contribution is 2.34. The Bertz CT molecular complexity index is 1230. The number of ether oxygens (including phenoxy) is 3. The van der Waals surface area contributed by atoms with Gasteiger partial charge in [-0.2, -0.15) is 0 Å². The molecular weight excluding hydrogens is 394 g/mol. The number of aromatic nitrogens is 2. The highest BCUT2D eigenvalue weighted by molar-refractivity contribution is 5.94. The number of fused-ring (bicyclic) bond motifs is 1. The fourth-order valence-corrected chi connectivity index (χ4v) is 3.33. The van der Waals surface area contributed by atoms with Crippen LogP contribution in [0.25, 0.3) is 22.0 Å². The summed E-state index contributed by atoms with van der Waals surface area (Å²) in [7, 11) is 4.80. The summed E-state index contributed by atoms with van der Waals surface area (Å²) in [6.07, 6.45) is 2.53. The molecule has 0 aliphatic rings. The first-order valence-corrected chi connectivity index (χ1v) is 9.54. The normalized spacial score (nSPS) is 10.5. The molecule has 0 atom stereocenters. The van der Waals surface area contributed by atoms with Crippen LogP contribution in [0, 0.1) is 0 Å². The molecule has 7 heteroatoms. The van der Waals surface area contributed by atoms with Gasteiger partial charge in [-0.15, -0.1) is 0 Å². The Labute approximate surface area is 179 Å². The van der Waals surface area contributed by atoms with Crippen LogP contribution in [0.1, 0.15) is 10.4 Å². The molecule has 0 saturated heterocycles. The predicted octanol–water partition coefficient (Wildman–Crippen LogP) is 4.88. The van der Waals surface area contributed by atoms with E-state index < -0.39 is 0 Å². The van der Waals surface area contributed by atoms with Crippen LogP contribution in [0.3, 0.4) is 0 Å². The molecule has 0 bridgehead atoms. The predicted molar refractivity (Wildman–Crippen MR) is 120 cm³/mol. The minimum absolute atomic E-state index is 0.385. The van der Waals surface area contributed by atoms with Crippen LogP contribution in [-0.4, -0.2) is 37.6 Å². The van der Waals surface area contributed by atoms with Crippen molar-refractivity contribution in [1.29, 1.82) is 0 Å². The smallest absolute Gasteiger partial charge is 0.227 e. The van der Waals surface area contributed by atoms with Gasteiger partial charge < -0.3 is 19.5 Å². The SMILES string of the molecule is COc1cc(OC)cc(-c2cccc3cnc(Nc4cc(C=O)ccc4OC)nc23)c1. The Hall–Kier alpha value is -4.13. The van der Waals surface area contributed by atoms with Gasteiger partial charge in [0.1, 0.15) is 23.5 Å². The van der Waals surface area contributed by atoms with E-state index in [4.69, 9.17) is 19.2 Å². The van der Waals surface area contributed by atoms with Gasteiger partial charge in [0.25, 0.3) is 0 Å². The average molecular weight is 415 g/mol. The summed E-state index contributed by atoms with van der Waals surface area (Å²) in [6, 6.07) is 16.7. The molecule has 4 aromatic rings. The van der Waals surface area contributed by atoms with Crippen molar-refractivity contribution in [1.82, 2.24) is 9.97 Å². The number of benzene rings is 3. The van der Waals surface area contributed by atoms with Gasteiger partial charge in [-0.05, 0) is 35.9 Å². The van der Waals surface area contributed by atoms with E-state index in [2.05, 4.69) is 10.3 Å². The molecule has 0 unspecified atom stereocenters. The lowest BCUT2D eigenvalue weighted by atomic mass is 10.0. The van der Waals surface area contributed by atoms with Crippen molar-refractivity contribution in [2.45, 2.75) is 0 Å². The maximum Gasteiger partial charge on any atom is 0.227 e. The molecular formula is C24H21N3O4. The maximum atomic E-state index is 11.2. The molecule has 0 fully saturated rings. The van der Waals surface area contributed by atoms with E-state index in [1.54, 1.807) is 45.7 Å². The first-order valence-electron chi connectivity index (χ1n) is 9.54. The molecule has 0 radical (unpaired) electrons. The Morgan fingerprint density at radius 3 is 2.35 bits per heavy atom. The molecule has 7 nitrogen and oxygen atoms in total. The molecule has 31 heavy (non-hydrogen) atoms. The minimum atomic E-state index is 0.385. The first kappa shape index (κ1) is 20.2. The van der Waals surface area contributed by atoms with Crippen LogP contribution in [0.15, 0.2) is 60.8 Å². The summed E-state index contributed by atoms with van der Waals surface area (Å²) in [6.45, 7) is 0. The Morgan fingerprint density at radius 2 is 1.68 bits per heavy atom. The van der Waals surface area contributed by atoms with Crippen molar-refractivity contribution in [3.8, 4) is 28.4 Å². The van der Waals surface area contributed by atoms with Gasteiger partial charge in [0.2, 0.25) is 5.95 Å². The van der Waals surface area contributed by atoms with E-state index in [-0.39, 0.29) is 0 Å². The first-order chi connectivity index (χ1) is 15.1. The number of carbonyl (C=O) groups excluding carboxylic acids is 1. The fraction of sp³-hybridized carbons (Fsp3) is 0.125. The van der Waals surface area contributed by atoms with Crippen molar-refractivity contribution >= 4 is 28.8 Å². The topological polar surface area (TPSA) is 82.6 Å². The largest absolute Gasteiger partial charge is 0.497 e. The number of nitrogens with one attached hydrogen (secondary N) is 1. The number of aldehydes is 1. The Balaban J connectivity index is 1.81. The molecule has 4 rings (SSSR count). The summed E-state index contributed by atoms with van der Waals surface area (Å²) in [5.74, 6) is 2.35. The molecule has 0 saturated carbocycles. The van der Waals surface area contributed by atoms with Crippen molar-refractivity contribution < 1.29 is 19.0 Å². The third kappa shape index (κ3) is 4.11. The molecule has 0 amide bonds. The van der Waals surface area contributed by atoms with Crippen LogP contribution in [0.5, 0.6) is 17.2 Å². The molecule has 0 spiro atoms. The number of hydrogen-bond acceptors (Lipinski definition) is 7. The number of methoxy groups -OCH3 is 3. The zero-order valence-electron chi connectivity index (χ0n) is 17.4. The number of carbonyl (C=O) groups is 1. The number of nitrogens with zero attached hydrogens (tertiary/aromatic N) is 2. The summed E-state index contributed by atoms with van der Waals surface area (Å²) in [5, 5.41) is 4.05. The second-order valence-electron chi connectivity index (χ2n) is 6.74. The highest BCUT2D eigenvalue weighted by atomic mass is 16.5. The number of anilines is 2. The average Bonchev–Trinajstić information content (AvgIpc) is 2.83. The van der Waals surface area contributed by atoms with Crippen molar-refractivity contribution in [3.63, 3.8) is 0 Å². The Morgan fingerprint density at radius 1 is 0.903 bits per heavy atom.